The second-order valence-electron chi connectivity index (χ2n) is 4.30. The number of carbonyl (C=O) groups is 2. The van der Waals surface area contributed by atoms with Gasteiger partial charge in [-0.3, -0.25) is 9.59 Å². The zero-order valence-corrected chi connectivity index (χ0v) is 10.3. The Balaban J connectivity index is 2.53. The first-order valence-electron chi connectivity index (χ1n) is 5.78. The van der Waals surface area contributed by atoms with Crippen molar-refractivity contribution in [3.63, 3.8) is 0 Å². The van der Waals surface area contributed by atoms with E-state index in [-0.39, 0.29) is 24.4 Å². The van der Waals surface area contributed by atoms with Gasteiger partial charge in [-0.25, -0.2) is 0 Å². The molecule has 0 aromatic rings. The highest BCUT2D eigenvalue weighted by Crippen LogP contribution is 2.11. The summed E-state index contributed by atoms with van der Waals surface area (Å²) in [5.41, 5.74) is 0. The molecule has 1 aliphatic rings. The molecule has 1 heterocycles. The number of carbonyl (C=O) groups excluding carboxylic acids is 2. The number of likely N-dealkylation sites (tertiary alicyclic amines) is 1. The summed E-state index contributed by atoms with van der Waals surface area (Å²) in [5.74, 6) is 0.0359. The van der Waals surface area contributed by atoms with Crippen molar-refractivity contribution in [1.29, 1.82) is 0 Å². The molecule has 1 unspecified atom stereocenters. The molecule has 1 saturated heterocycles. The average Bonchev–Trinajstić information content (AvgIpc) is 2.24. The monoisotopic (exact) mass is 227 g/mol. The highest BCUT2D eigenvalue weighted by molar-refractivity contribution is 5.87. The van der Waals surface area contributed by atoms with Crippen LogP contribution >= 0.6 is 0 Å². The zero-order chi connectivity index (χ0) is 12.1. The van der Waals surface area contributed by atoms with Crippen LogP contribution in [0.2, 0.25) is 0 Å². The minimum absolute atomic E-state index is 0.0227. The smallest absolute Gasteiger partial charge is 0.241 e. The van der Waals surface area contributed by atoms with Crippen LogP contribution in [0, 0.1) is 0 Å². The molecule has 1 N–H and O–H groups in total. The predicted molar refractivity (Wildman–Crippen MR) is 62.0 cm³/mol. The molecule has 92 valence electrons. The van der Waals surface area contributed by atoms with Gasteiger partial charge in [0, 0.05) is 20.6 Å². The van der Waals surface area contributed by atoms with Gasteiger partial charge in [0.25, 0.3) is 0 Å². The second-order valence-corrected chi connectivity index (χ2v) is 4.30. The van der Waals surface area contributed by atoms with Gasteiger partial charge in [-0.2, -0.15) is 0 Å². The van der Waals surface area contributed by atoms with Crippen LogP contribution in [0.25, 0.3) is 0 Å². The molecule has 1 aliphatic heterocycles. The van der Waals surface area contributed by atoms with Crippen molar-refractivity contribution in [3.8, 4) is 0 Å². The molecule has 0 radical (unpaired) electrons. The van der Waals surface area contributed by atoms with E-state index in [0.29, 0.717) is 6.54 Å². The molecule has 0 saturated carbocycles. The van der Waals surface area contributed by atoms with Crippen molar-refractivity contribution in [2.45, 2.75) is 25.8 Å². The van der Waals surface area contributed by atoms with Crippen LogP contribution in [0.1, 0.15) is 19.8 Å². The minimum atomic E-state index is -0.103. The Bertz CT molecular complexity index is 264. The molecule has 1 fully saturated rings. The Kier molecular flexibility index (Phi) is 4.73. The van der Waals surface area contributed by atoms with E-state index in [4.69, 9.17) is 0 Å². The van der Waals surface area contributed by atoms with Gasteiger partial charge in [0.2, 0.25) is 11.8 Å². The van der Waals surface area contributed by atoms with Crippen LogP contribution in [0.5, 0.6) is 0 Å². The number of hydrogen-bond donors (Lipinski definition) is 1. The second kappa shape index (κ2) is 5.84. The molecule has 0 aromatic heterocycles. The standard InChI is InChI=1S/C11H21N3O2/c1-4-12-9-6-5-7-14(11(9)16)8-10(15)13(2)3/h9,12H,4-8H2,1-3H3. The van der Waals surface area contributed by atoms with E-state index in [1.807, 2.05) is 6.92 Å². The van der Waals surface area contributed by atoms with E-state index in [2.05, 4.69) is 5.32 Å². The molecule has 2 amide bonds. The Hall–Kier alpha value is -1.10. The summed E-state index contributed by atoms with van der Waals surface area (Å²) in [6, 6.07) is -0.103. The first kappa shape index (κ1) is 13.0. The maximum Gasteiger partial charge on any atom is 0.241 e. The van der Waals surface area contributed by atoms with Gasteiger partial charge in [-0.1, -0.05) is 6.92 Å². The number of rotatable bonds is 4. The van der Waals surface area contributed by atoms with Crippen molar-refractivity contribution >= 4 is 11.8 Å². The van der Waals surface area contributed by atoms with Gasteiger partial charge in [-0.15, -0.1) is 0 Å². The van der Waals surface area contributed by atoms with Crippen molar-refractivity contribution in [2.24, 2.45) is 0 Å². The molecular formula is C11H21N3O2. The number of hydrogen-bond acceptors (Lipinski definition) is 3. The lowest BCUT2D eigenvalue weighted by atomic mass is 10.0. The van der Waals surface area contributed by atoms with Gasteiger partial charge in [0.15, 0.2) is 0 Å². The fourth-order valence-corrected chi connectivity index (χ4v) is 1.84. The molecule has 0 bridgehead atoms. The molecule has 5 heteroatoms. The third-order valence-electron chi connectivity index (χ3n) is 2.81. The fraction of sp³-hybridized carbons (Fsp3) is 0.818. The van der Waals surface area contributed by atoms with Gasteiger partial charge in [0.1, 0.15) is 0 Å². The predicted octanol–water partition coefficient (Wildman–Crippen LogP) is -0.325. The third-order valence-corrected chi connectivity index (χ3v) is 2.81. The van der Waals surface area contributed by atoms with E-state index in [1.165, 1.54) is 4.90 Å². The Morgan fingerprint density at radius 3 is 2.81 bits per heavy atom. The van der Waals surface area contributed by atoms with E-state index in [0.717, 1.165) is 19.4 Å². The number of likely N-dealkylation sites (N-methyl/N-ethyl adjacent to an activating group) is 2. The maximum absolute atomic E-state index is 12.0. The van der Waals surface area contributed by atoms with Gasteiger partial charge in [0.05, 0.1) is 12.6 Å². The van der Waals surface area contributed by atoms with Gasteiger partial charge < -0.3 is 15.1 Å². The van der Waals surface area contributed by atoms with Gasteiger partial charge in [-0.05, 0) is 19.4 Å². The SMILES string of the molecule is CCNC1CCCN(CC(=O)N(C)C)C1=O. The lowest BCUT2D eigenvalue weighted by molar-refractivity contribution is -0.142. The quantitative estimate of drug-likeness (QED) is 0.716. The van der Waals surface area contributed by atoms with Crippen LogP contribution in [-0.2, 0) is 9.59 Å². The lowest BCUT2D eigenvalue weighted by Gasteiger charge is -2.32. The molecule has 0 aliphatic carbocycles. The van der Waals surface area contributed by atoms with Crippen molar-refractivity contribution in [3.05, 3.63) is 0 Å². The van der Waals surface area contributed by atoms with E-state index >= 15 is 0 Å². The summed E-state index contributed by atoms with van der Waals surface area (Å²) in [7, 11) is 3.41. The summed E-state index contributed by atoms with van der Waals surface area (Å²) in [5, 5.41) is 3.15. The van der Waals surface area contributed by atoms with Crippen LogP contribution in [0.3, 0.4) is 0 Å². The first-order chi connectivity index (χ1) is 7.56. The summed E-state index contributed by atoms with van der Waals surface area (Å²) < 4.78 is 0. The number of nitrogens with one attached hydrogen (secondary N) is 1. The lowest BCUT2D eigenvalue weighted by Crippen LogP contribution is -2.53. The summed E-state index contributed by atoms with van der Waals surface area (Å²) in [6.45, 7) is 3.66. The van der Waals surface area contributed by atoms with Crippen molar-refractivity contribution < 1.29 is 9.59 Å². The van der Waals surface area contributed by atoms with Crippen molar-refractivity contribution in [2.75, 3.05) is 33.7 Å². The average molecular weight is 227 g/mol. The molecule has 0 spiro atoms. The summed E-state index contributed by atoms with van der Waals surface area (Å²) in [6.07, 6.45) is 1.84. The van der Waals surface area contributed by atoms with Crippen LogP contribution in [0.15, 0.2) is 0 Å². The van der Waals surface area contributed by atoms with Crippen LogP contribution in [0.4, 0.5) is 0 Å². The number of piperidine rings is 1. The highest BCUT2D eigenvalue weighted by Gasteiger charge is 2.29. The maximum atomic E-state index is 12.0. The zero-order valence-electron chi connectivity index (χ0n) is 10.3. The highest BCUT2D eigenvalue weighted by atomic mass is 16.2. The summed E-state index contributed by atoms with van der Waals surface area (Å²) >= 11 is 0. The van der Waals surface area contributed by atoms with E-state index < -0.39 is 0 Å². The first-order valence-corrected chi connectivity index (χ1v) is 5.78. The number of amides is 2. The normalized spacial score (nSPS) is 21.1. The largest absolute Gasteiger partial charge is 0.347 e. The van der Waals surface area contributed by atoms with E-state index in [9.17, 15) is 9.59 Å². The summed E-state index contributed by atoms with van der Waals surface area (Å²) in [4.78, 5) is 26.7. The Morgan fingerprint density at radius 2 is 2.25 bits per heavy atom. The molecule has 5 nitrogen and oxygen atoms in total. The van der Waals surface area contributed by atoms with E-state index in [1.54, 1.807) is 19.0 Å². The number of nitrogens with zero attached hydrogens (tertiary/aromatic N) is 2. The Morgan fingerprint density at radius 1 is 1.56 bits per heavy atom. The van der Waals surface area contributed by atoms with Gasteiger partial charge >= 0.3 is 0 Å². The molecule has 1 atom stereocenters. The molecule has 1 rings (SSSR count). The fourth-order valence-electron chi connectivity index (χ4n) is 1.84. The molecule has 16 heavy (non-hydrogen) atoms. The van der Waals surface area contributed by atoms with Crippen molar-refractivity contribution in [1.82, 2.24) is 15.1 Å². The molecule has 0 aromatic carbocycles. The molecular weight excluding hydrogens is 206 g/mol. The topological polar surface area (TPSA) is 52.7 Å². The van der Waals surface area contributed by atoms with Crippen LogP contribution < -0.4 is 5.32 Å². The minimum Gasteiger partial charge on any atom is -0.347 e. The Labute approximate surface area is 96.8 Å². The third kappa shape index (κ3) is 3.20. The van der Waals surface area contributed by atoms with Crippen LogP contribution in [-0.4, -0.2) is 61.4 Å².